The number of aromatic carboxylic acids is 1. The monoisotopic (exact) mass is 357 g/mol. The number of carbonyl (C=O) groups excluding carboxylic acids is 2. The molecular formula is C13H12BrNO4S. The first-order chi connectivity index (χ1) is 9.49. The number of likely N-dealkylation sites (tertiary alicyclic amines) is 1. The molecule has 2 rings (SSSR count). The van der Waals surface area contributed by atoms with E-state index in [1.165, 1.54) is 22.7 Å². The Balaban J connectivity index is 2.00. The number of halogens is 1. The molecule has 106 valence electrons. The number of hydrogen-bond donors (Lipinski definition) is 1. The number of nitrogens with zero attached hydrogens (tertiary/aromatic N) is 1. The van der Waals surface area contributed by atoms with Gasteiger partial charge in [0, 0.05) is 34.5 Å². The zero-order chi connectivity index (χ0) is 14.7. The molecule has 20 heavy (non-hydrogen) atoms. The SMILES string of the molecule is O=C(O)c1ccc(Br)cc1SCCN1C(=O)CCC1=O. The molecule has 0 radical (unpaired) electrons. The van der Waals surface area contributed by atoms with Crippen LogP contribution >= 0.6 is 27.7 Å². The van der Waals surface area contributed by atoms with E-state index < -0.39 is 5.97 Å². The van der Waals surface area contributed by atoms with Crippen molar-refractivity contribution >= 4 is 45.5 Å². The molecule has 0 bridgehead atoms. The highest BCUT2D eigenvalue weighted by atomic mass is 79.9. The second-order valence-electron chi connectivity index (χ2n) is 4.23. The van der Waals surface area contributed by atoms with E-state index in [1.54, 1.807) is 12.1 Å². The Morgan fingerprint density at radius 3 is 2.55 bits per heavy atom. The predicted octanol–water partition coefficient (Wildman–Crippen LogP) is 2.39. The van der Waals surface area contributed by atoms with Crippen LogP contribution in [0, 0.1) is 0 Å². The van der Waals surface area contributed by atoms with Crippen molar-refractivity contribution in [1.29, 1.82) is 0 Å². The molecule has 1 saturated heterocycles. The number of hydrogen-bond acceptors (Lipinski definition) is 4. The molecular weight excluding hydrogens is 346 g/mol. The highest BCUT2D eigenvalue weighted by Gasteiger charge is 2.28. The van der Waals surface area contributed by atoms with E-state index in [4.69, 9.17) is 5.11 Å². The maximum atomic E-state index is 11.5. The van der Waals surface area contributed by atoms with Crippen molar-refractivity contribution in [2.24, 2.45) is 0 Å². The summed E-state index contributed by atoms with van der Waals surface area (Å²) in [7, 11) is 0. The first-order valence-corrected chi connectivity index (χ1v) is 7.75. The standard InChI is InChI=1S/C13H12BrNO4S/c14-8-1-2-9(13(18)19)10(7-8)20-6-5-15-11(16)3-4-12(15)17/h1-2,7H,3-6H2,(H,18,19). The van der Waals surface area contributed by atoms with Crippen LogP contribution in [-0.2, 0) is 9.59 Å². The second kappa shape index (κ2) is 6.41. The molecule has 1 aromatic carbocycles. The predicted molar refractivity (Wildman–Crippen MR) is 77.8 cm³/mol. The molecule has 0 atom stereocenters. The Bertz CT molecular complexity index is 559. The number of thioether (sulfide) groups is 1. The van der Waals surface area contributed by atoms with Gasteiger partial charge in [-0.2, -0.15) is 0 Å². The van der Waals surface area contributed by atoms with Crippen LogP contribution < -0.4 is 0 Å². The second-order valence-corrected chi connectivity index (χ2v) is 6.29. The molecule has 0 unspecified atom stereocenters. The molecule has 1 fully saturated rings. The van der Waals surface area contributed by atoms with E-state index in [9.17, 15) is 14.4 Å². The van der Waals surface area contributed by atoms with Gasteiger partial charge < -0.3 is 5.11 Å². The molecule has 7 heteroatoms. The van der Waals surface area contributed by atoms with Crippen LogP contribution in [0.4, 0.5) is 0 Å². The summed E-state index contributed by atoms with van der Waals surface area (Å²) >= 11 is 4.62. The van der Waals surface area contributed by atoms with Crippen LogP contribution in [0.1, 0.15) is 23.2 Å². The van der Waals surface area contributed by atoms with Crippen molar-refractivity contribution in [2.75, 3.05) is 12.3 Å². The van der Waals surface area contributed by atoms with Gasteiger partial charge in [0.25, 0.3) is 0 Å². The molecule has 1 heterocycles. The molecule has 1 aliphatic heterocycles. The van der Waals surface area contributed by atoms with Crippen molar-refractivity contribution in [3.8, 4) is 0 Å². The quantitative estimate of drug-likeness (QED) is 0.646. The number of benzene rings is 1. The minimum absolute atomic E-state index is 0.150. The summed E-state index contributed by atoms with van der Waals surface area (Å²) in [5.74, 6) is -0.811. The van der Waals surface area contributed by atoms with Crippen LogP contribution in [0.3, 0.4) is 0 Å². The van der Waals surface area contributed by atoms with Gasteiger partial charge in [-0.3, -0.25) is 14.5 Å². The average Bonchev–Trinajstić information content (AvgIpc) is 2.70. The van der Waals surface area contributed by atoms with Crippen molar-refractivity contribution in [2.45, 2.75) is 17.7 Å². The number of imide groups is 1. The summed E-state index contributed by atoms with van der Waals surface area (Å²) < 4.78 is 0.790. The Hall–Kier alpha value is -1.34. The van der Waals surface area contributed by atoms with Gasteiger partial charge in [-0.1, -0.05) is 15.9 Å². The molecule has 1 aromatic rings. The van der Waals surface area contributed by atoms with Crippen LogP contribution in [-0.4, -0.2) is 40.1 Å². The van der Waals surface area contributed by atoms with Crippen molar-refractivity contribution in [3.05, 3.63) is 28.2 Å². The Kier molecular flexibility index (Phi) is 4.82. The topological polar surface area (TPSA) is 74.7 Å². The first-order valence-electron chi connectivity index (χ1n) is 5.98. The normalized spacial score (nSPS) is 14.9. The molecule has 0 spiro atoms. The van der Waals surface area contributed by atoms with E-state index in [1.807, 2.05) is 0 Å². The smallest absolute Gasteiger partial charge is 0.336 e. The molecule has 1 N–H and O–H groups in total. The molecule has 1 aliphatic rings. The van der Waals surface area contributed by atoms with Gasteiger partial charge in [-0.15, -0.1) is 11.8 Å². The fourth-order valence-corrected chi connectivity index (χ4v) is 3.44. The van der Waals surface area contributed by atoms with Gasteiger partial charge in [0.05, 0.1) is 5.56 Å². The minimum Gasteiger partial charge on any atom is -0.478 e. The number of carbonyl (C=O) groups is 3. The third-order valence-corrected chi connectivity index (χ3v) is 4.43. The summed E-state index contributed by atoms with van der Waals surface area (Å²) in [4.78, 5) is 35.9. The lowest BCUT2D eigenvalue weighted by Crippen LogP contribution is -2.31. The fraction of sp³-hybridized carbons (Fsp3) is 0.308. The molecule has 2 amide bonds. The van der Waals surface area contributed by atoms with Gasteiger partial charge in [0.2, 0.25) is 11.8 Å². The number of carboxylic acids is 1. The Morgan fingerprint density at radius 1 is 1.30 bits per heavy atom. The zero-order valence-corrected chi connectivity index (χ0v) is 12.9. The van der Waals surface area contributed by atoms with Crippen LogP contribution in [0.25, 0.3) is 0 Å². The zero-order valence-electron chi connectivity index (χ0n) is 10.5. The number of carboxylic acid groups (broad SMARTS) is 1. The lowest BCUT2D eigenvalue weighted by molar-refractivity contribution is -0.137. The molecule has 0 saturated carbocycles. The van der Waals surface area contributed by atoms with E-state index in [0.29, 0.717) is 17.2 Å². The summed E-state index contributed by atoms with van der Waals surface area (Å²) in [6.45, 7) is 0.313. The summed E-state index contributed by atoms with van der Waals surface area (Å²) in [6, 6.07) is 4.92. The Labute approximate surface area is 128 Å². The van der Waals surface area contributed by atoms with Gasteiger partial charge in [-0.25, -0.2) is 4.79 Å². The minimum atomic E-state index is -0.992. The van der Waals surface area contributed by atoms with Gasteiger partial charge >= 0.3 is 5.97 Å². The summed E-state index contributed by atoms with van der Waals surface area (Å²) in [6.07, 6.45) is 0.557. The summed E-state index contributed by atoms with van der Waals surface area (Å²) in [5.41, 5.74) is 0.220. The Morgan fingerprint density at radius 2 is 1.95 bits per heavy atom. The van der Waals surface area contributed by atoms with Crippen molar-refractivity contribution in [1.82, 2.24) is 4.90 Å². The van der Waals surface area contributed by atoms with E-state index in [2.05, 4.69) is 15.9 Å². The lowest BCUT2D eigenvalue weighted by atomic mass is 10.2. The fourth-order valence-electron chi connectivity index (χ4n) is 1.91. The van der Waals surface area contributed by atoms with Gasteiger partial charge in [0.1, 0.15) is 0 Å². The van der Waals surface area contributed by atoms with Crippen LogP contribution in [0.15, 0.2) is 27.6 Å². The molecule has 0 aliphatic carbocycles. The maximum Gasteiger partial charge on any atom is 0.336 e. The van der Waals surface area contributed by atoms with Crippen LogP contribution in [0.5, 0.6) is 0 Å². The average molecular weight is 358 g/mol. The number of amides is 2. The lowest BCUT2D eigenvalue weighted by Gasteiger charge is -2.13. The van der Waals surface area contributed by atoms with Gasteiger partial charge in [-0.05, 0) is 18.2 Å². The molecule has 0 aromatic heterocycles. The van der Waals surface area contributed by atoms with Crippen LogP contribution in [0.2, 0.25) is 0 Å². The number of rotatable bonds is 5. The highest BCUT2D eigenvalue weighted by molar-refractivity contribution is 9.10. The molecule has 5 nitrogen and oxygen atoms in total. The largest absolute Gasteiger partial charge is 0.478 e. The van der Waals surface area contributed by atoms with Gasteiger partial charge in [0.15, 0.2) is 0 Å². The third-order valence-electron chi connectivity index (χ3n) is 2.90. The third kappa shape index (κ3) is 3.40. The maximum absolute atomic E-state index is 11.5. The van der Waals surface area contributed by atoms with Crippen molar-refractivity contribution < 1.29 is 19.5 Å². The first kappa shape index (κ1) is 15.1. The summed E-state index contributed by atoms with van der Waals surface area (Å²) in [5, 5.41) is 9.10. The van der Waals surface area contributed by atoms with E-state index in [0.717, 1.165) is 4.47 Å². The van der Waals surface area contributed by atoms with Crippen molar-refractivity contribution in [3.63, 3.8) is 0 Å². The highest BCUT2D eigenvalue weighted by Crippen LogP contribution is 2.27. The van der Waals surface area contributed by atoms with E-state index in [-0.39, 0.29) is 30.2 Å². The van der Waals surface area contributed by atoms with E-state index >= 15 is 0 Å².